The molecule has 2 aromatic rings. The summed E-state index contributed by atoms with van der Waals surface area (Å²) >= 11 is 12.0. The van der Waals surface area contributed by atoms with Crippen molar-refractivity contribution in [2.75, 3.05) is 0 Å². The van der Waals surface area contributed by atoms with E-state index in [1.807, 2.05) is 0 Å². The van der Waals surface area contributed by atoms with Crippen LogP contribution in [0.4, 0.5) is 0 Å². The fourth-order valence-electron chi connectivity index (χ4n) is 1.86. The van der Waals surface area contributed by atoms with Gasteiger partial charge in [-0.25, -0.2) is 4.79 Å². The van der Waals surface area contributed by atoms with Crippen molar-refractivity contribution in [2.45, 2.75) is 13.5 Å². The lowest BCUT2D eigenvalue weighted by molar-refractivity contribution is 0.0694. The topological polar surface area (TPSA) is 59.3 Å². The molecule has 0 amide bonds. The zero-order valence-electron chi connectivity index (χ0n) is 10.6. The fourth-order valence-corrected chi connectivity index (χ4v) is 2.24. The number of benzene rings is 1. The molecule has 0 aliphatic rings. The van der Waals surface area contributed by atoms with Crippen molar-refractivity contribution in [1.82, 2.24) is 4.57 Å². The molecule has 0 saturated carbocycles. The Balaban J connectivity index is 2.48. The van der Waals surface area contributed by atoms with E-state index >= 15 is 0 Å². The molecule has 0 atom stereocenters. The SMILES string of the molecule is Cc1cc(=O)c(C(=O)O)cn1Cc1cccc(Cl)c1Cl. The molecule has 104 valence electrons. The van der Waals surface area contributed by atoms with Crippen molar-refractivity contribution in [3.05, 3.63) is 67.6 Å². The number of pyridine rings is 1. The molecule has 6 heteroatoms. The van der Waals surface area contributed by atoms with Gasteiger partial charge in [-0.1, -0.05) is 35.3 Å². The van der Waals surface area contributed by atoms with Crippen LogP contribution in [-0.4, -0.2) is 15.6 Å². The lowest BCUT2D eigenvalue weighted by Crippen LogP contribution is -2.19. The van der Waals surface area contributed by atoms with Crippen molar-refractivity contribution < 1.29 is 9.90 Å². The number of rotatable bonds is 3. The molecule has 0 fully saturated rings. The number of carboxylic acids is 1. The molecule has 0 unspecified atom stereocenters. The number of carbonyl (C=O) groups is 1. The van der Waals surface area contributed by atoms with Crippen molar-refractivity contribution in [1.29, 1.82) is 0 Å². The summed E-state index contributed by atoms with van der Waals surface area (Å²) in [5.74, 6) is -1.25. The van der Waals surface area contributed by atoms with E-state index in [-0.39, 0.29) is 5.56 Å². The van der Waals surface area contributed by atoms with E-state index < -0.39 is 11.4 Å². The summed E-state index contributed by atoms with van der Waals surface area (Å²) in [6, 6.07) is 6.53. The van der Waals surface area contributed by atoms with Gasteiger partial charge in [-0.2, -0.15) is 0 Å². The van der Waals surface area contributed by atoms with Crippen molar-refractivity contribution >= 4 is 29.2 Å². The highest BCUT2D eigenvalue weighted by Crippen LogP contribution is 2.26. The van der Waals surface area contributed by atoms with Crippen molar-refractivity contribution in [3.8, 4) is 0 Å². The molecule has 0 aliphatic carbocycles. The first-order valence-electron chi connectivity index (χ1n) is 5.77. The van der Waals surface area contributed by atoms with Crippen LogP contribution in [-0.2, 0) is 6.54 Å². The van der Waals surface area contributed by atoms with Crippen LogP contribution in [0.25, 0.3) is 0 Å². The van der Waals surface area contributed by atoms with Gasteiger partial charge in [0, 0.05) is 24.5 Å². The van der Waals surface area contributed by atoms with Gasteiger partial charge in [-0.15, -0.1) is 0 Å². The Hall–Kier alpha value is -1.78. The van der Waals surface area contributed by atoms with Crippen LogP contribution in [0, 0.1) is 6.92 Å². The van der Waals surface area contributed by atoms with Crippen LogP contribution in [0.2, 0.25) is 10.0 Å². The largest absolute Gasteiger partial charge is 0.477 e. The highest BCUT2D eigenvalue weighted by Gasteiger charge is 2.12. The van der Waals surface area contributed by atoms with Gasteiger partial charge in [0.1, 0.15) is 5.56 Å². The van der Waals surface area contributed by atoms with Crippen molar-refractivity contribution in [2.24, 2.45) is 0 Å². The Morgan fingerprint density at radius 2 is 2.05 bits per heavy atom. The predicted octanol–water partition coefficient (Wildman–Crippen LogP) is 3.21. The minimum absolute atomic E-state index is 0.270. The molecular formula is C14H11Cl2NO3. The van der Waals surface area contributed by atoms with Gasteiger partial charge < -0.3 is 9.67 Å². The first-order chi connectivity index (χ1) is 9.40. The van der Waals surface area contributed by atoms with E-state index in [1.165, 1.54) is 12.3 Å². The molecule has 4 nitrogen and oxygen atoms in total. The predicted molar refractivity (Wildman–Crippen MR) is 78.0 cm³/mol. The first-order valence-corrected chi connectivity index (χ1v) is 6.53. The third-order valence-corrected chi connectivity index (χ3v) is 3.80. The molecule has 1 heterocycles. The second kappa shape index (κ2) is 5.69. The standard InChI is InChI=1S/C14H11Cl2NO3/c1-8-5-12(18)10(14(19)20)7-17(8)6-9-3-2-4-11(15)13(9)16/h2-5,7H,6H2,1H3,(H,19,20). The molecule has 20 heavy (non-hydrogen) atoms. The summed E-state index contributed by atoms with van der Waals surface area (Å²) in [5.41, 5.74) is 0.621. The van der Waals surface area contributed by atoms with Crippen LogP contribution < -0.4 is 5.43 Å². The molecule has 0 radical (unpaired) electrons. The number of aromatic nitrogens is 1. The highest BCUT2D eigenvalue weighted by molar-refractivity contribution is 6.42. The number of carboxylic acid groups (broad SMARTS) is 1. The zero-order valence-corrected chi connectivity index (χ0v) is 12.1. The summed E-state index contributed by atoms with van der Waals surface area (Å²) < 4.78 is 1.66. The maximum absolute atomic E-state index is 11.6. The molecule has 1 aromatic carbocycles. The first kappa shape index (κ1) is 14.6. The maximum Gasteiger partial charge on any atom is 0.341 e. The van der Waals surface area contributed by atoms with E-state index in [1.54, 1.807) is 29.7 Å². The molecule has 1 N–H and O–H groups in total. The van der Waals surface area contributed by atoms with E-state index in [9.17, 15) is 9.59 Å². The van der Waals surface area contributed by atoms with Gasteiger partial charge in [-0.05, 0) is 18.6 Å². The Morgan fingerprint density at radius 1 is 1.35 bits per heavy atom. The molecular weight excluding hydrogens is 301 g/mol. The molecule has 0 saturated heterocycles. The van der Waals surface area contributed by atoms with Gasteiger partial charge in [0.2, 0.25) is 0 Å². The second-order valence-electron chi connectivity index (χ2n) is 4.34. The van der Waals surface area contributed by atoms with E-state index in [0.717, 1.165) is 5.56 Å². The lowest BCUT2D eigenvalue weighted by Gasteiger charge is -2.13. The molecule has 0 aliphatic heterocycles. The third-order valence-electron chi connectivity index (χ3n) is 2.95. The molecule has 0 spiro atoms. The summed E-state index contributed by atoms with van der Waals surface area (Å²) in [7, 11) is 0. The number of hydrogen-bond acceptors (Lipinski definition) is 2. The Bertz CT molecular complexity index is 738. The third kappa shape index (κ3) is 2.86. The second-order valence-corrected chi connectivity index (χ2v) is 5.12. The molecule has 0 bridgehead atoms. The fraction of sp³-hybridized carbons (Fsp3) is 0.143. The lowest BCUT2D eigenvalue weighted by atomic mass is 10.2. The van der Waals surface area contributed by atoms with Crippen LogP contribution in [0.1, 0.15) is 21.6 Å². The van der Waals surface area contributed by atoms with E-state index in [2.05, 4.69) is 0 Å². The number of hydrogen-bond donors (Lipinski definition) is 1. The van der Waals surface area contributed by atoms with Gasteiger partial charge in [0.05, 0.1) is 10.0 Å². The normalized spacial score (nSPS) is 10.6. The minimum Gasteiger partial charge on any atom is -0.477 e. The maximum atomic E-state index is 11.6. The van der Waals surface area contributed by atoms with Crippen LogP contribution in [0.15, 0.2) is 35.3 Å². The van der Waals surface area contributed by atoms with Crippen LogP contribution in [0.3, 0.4) is 0 Å². The Labute approximate surface area is 125 Å². The number of aromatic carboxylic acids is 1. The minimum atomic E-state index is -1.25. The zero-order chi connectivity index (χ0) is 14.9. The van der Waals surface area contributed by atoms with E-state index in [0.29, 0.717) is 22.3 Å². The molecule has 1 aromatic heterocycles. The van der Waals surface area contributed by atoms with Crippen LogP contribution in [0.5, 0.6) is 0 Å². The van der Waals surface area contributed by atoms with Gasteiger partial charge in [0.15, 0.2) is 5.43 Å². The Kier molecular flexibility index (Phi) is 4.16. The van der Waals surface area contributed by atoms with E-state index in [4.69, 9.17) is 28.3 Å². The summed E-state index contributed by atoms with van der Waals surface area (Å²) in [5, 5.41) is 9.84. The highest BCUT2D eigenvalue weighted by atomic mass is 35.5. The van der Waals surface area contributed by atoms with Gasteiger partial charge >= 0.3 is 5.97 Å². The monoisotopic (exact) mass is 311 g/mol. The number of halogens is 2. The summed E-state index contributed by atoms with van der Waals surface area (Å²) in [6.45, 7) is 2.07. The Morgan fingerprint density at radius 3 is 2.70 bits per heavy atom. The summed E-state index contributed by atoms with van der Waals surface area (Å²) in [6.07, 6.45) is 1.32. The average Bonchev–Trinajstić information content (AvgIpc) is 2.37. The van der Waals surface area contributed by atoms with Crippen molar-refractivity contribution in [3.63, 3.8) is 0 Å². The number of nitrogens with zero attached hydrogens (tertiary/aromatic N) is 1. The van der Waals surface area contributed by atoms with Crippen LogP contribution >= 0.6 is 23.2 Å². The summed E-state index contributed by atoms with van der Waals surface area (Å²) in [4.78, 5) is 22.6. The van der Waals surface area contributed by atoms with Gasteiger partial charge in [-0.3, -0.25) is 4.79 Å². The average molecular weight is 312 g/mol. The smallest absolute Gasteiger partial charge is 0.341 e. The van der Waals surface area contributed by atoms with Gasteiger partial charge in [0.25, 0.3) is 0 Å². The quantitative estimate of drug-likeness (QED) is 0.947. The molecule has 2 rings (SSSR count). The number of aryl methyl sites for hydroxylation is 1.